The molecule has 0 radical (unpaired) electrons. The quantitative estimate of drug-likeness (QED) is 0.807. The van der Waals surface area contributed by atoms with E-state index in [9.17, 15) is 9.59 Å². The monoisotopic (exact) mass is 336 g/mol. The minimum absolute atomic E-state index is 0.0424. The van der Waals surface area contributed by atoms with Crippen LogP contribution in [0, 0.1) is 18.8 Å². The highest BCUT2D eigenvalue weighted by atomic mass is 16.5. The van der Waals surface area contributed by atoms with E-state index < -0.39 is 6.04 Å². The van der Waals surface area contributed by atoms with Crippen molar-refractivity contribution in [3.05, 3.63) is 23.7 Å². The molecule has 0 unspecified atom stereocenters. The van der Waals surface area contributed by atoms with Crippen LogP contribution in [0.2, 0.25) is 0 Å². The fraction of sp³-hybridized carbons (Fsp3) is 0.647. The average Bonchev–Trinajstić information content (AvgIpc) is 3.32. The van der Waals surface area contributed by atoms with Crippen LogP contribution in [0.5, 0.6) is 0 Å². The molecule has 7 nitrogen and oxygen atoms in total. The zero-order chi connectivity index (χ0) is 16.9. The van der Waals surface area contributed by atoms with Crippen molar-refractivity contribution in [2.45, 2.75) is 25.8 Å². The van der Waals surface area contributed by atoms with Crippen LogP contribution >= 0.6 is 0 Å². The Balaban J connectivity index is 1.60. The Bertz CT molecular complexity index is 573. The van der Waals surface area contributed by atoms with Crippen molar-refractivity contribution >= 4 is 11.8 Å². The predicted molar refractivity (Wildman–Crippen MR) is 85.2 cm³/mol. The standard InChI is InChI=1S/C17H24N2O5/c1-11-2-3-15(24-11)14(19-17(21)13-5-7-23-10-13)8-18-16(20)12-4-6-22-9-12/h2-3,12-14H,4-10H2,1H3,(H,18,20)(H,19,21)/t12-,13-,14-/m0/s1. The van der Waals surface area contributed by atoms with Gasteiger partial charge >= 0.3 is 0 Å². The number of carbonyl (C=O) groups is 2. The van der Waals surface area contributed by atoms with Crippen LogP contribution in [0.25, 0.3) is 0 Å². The van der Waals surface area contributed by atoms with Crippen LogP contribution in [0.15, 0.2) is 16.5 Å². The second-order valence-corrected chi connectivity index (χ2v) is 6.38. The summed E-state index contributed by atoms with van der Waals surface area (Å²) in [5, 5.41) is 5.88. The number of hydrogen-bond donors (Lipinski definition) is 2. The first-order valence-corrected chi connectivity index (χ1v) is 8.43. The predicted octanol–water partition coefficient (Wildman–Crippen LogP) is 0.935. The van der Waals surface area contributed by atoms with Gasteiger partial charge in [0.2, 0.25) is 11.8 Å². The van der Waals surface area contributed by atoms with Gasteiger partial charge < -0.3 is 24.5 Å². The molecule has 0 saturated carbocycles. The van der Waals surface area contributed by atoms with Crippen LogP contribution < -0.4 is 10.6 Å². The molecule has 3 rings (SSSR count). The molecular formula is C17H24N2O5. The van der Waals surface area contributed by atoms with Gasteiger partial charge in [0.15, 0.2) is 0 Å². The summed E-state index contributed by atoms with van der Waals surface area (Å²) in [6.07, 6.45) is 1.46. The van der Waals surface area contributed by atoms with Gasteiger partial charge in [0, 0.05) is 19.8 Å². The molecule has 2 saturated heterocycles. The van der Waals surface area contributed by atoms with E-state index in [1.54, 1.807) is 0 Å². The average molecular weight is 336 g/mol. The van der Waals surface area contributed by atoms with Gasteiger partial charge in [-0.05, 0) is 31.9 Å². The van der Waals surface area contributed by atoms with Gasteiger partial charge in [-0.3, -0.25) is 9.59 Å². The van der Waals surface area contributed by atoms with Gasteiger partial charge in [-0.15, -0.1) is 0 Å². The molecule has 7 heteroatoms. The molecule has 2 N–H and O–H groups in total. The minimum atomic E-state index is -0.391. The molecular weight excluding hydrogens is 312 g/mol. The SMILES string of the molecule is Cc1ccc([C@H](CNC(=O)[C@H]2CCOC2)NC(=O)[C@H]2CCOC2)o1. The normalized spacial score (nSPS) is 24.7. The molecule has 24 heavy (non-hydrogen) atoms. The van der Waals surface area contributed by atoms with E-state index in [1.807, 2.05) is 19.1 Å². The lowest BCUT2D eigenvalue weighted by atomic mass is 10.1. The molecule has 2 aliphatic heterocycles. The minimum Gasteiger partial charge on any atom is -0.464 e. The Kier molecular flexibility index (Phi) is 5.52. The molecule has 1 aromatic heterocycles. The first-order chi connectivity index (χ1) is 11.6. The third-order valence-electron chi connectivity index (χ3n) is 4.50. The number of furan rings is 1. The van der Waals surface area contributed by atoms with E-state index in [0.717, 1.165) is 18.6 Å². The summed E-state index contributed by atoms with van der Waals surface area (Å²) in [6.45, 7) is 4.28. The summed E-state index contributed by atoms with van der Waals surface area (Å²) in [4.78, 5) is 24.5. The lowest BCUT2D eigenvalue weighted by molar-refractivity contribution is -0.127. The Labute approximate surface area is 141 Å². The molecule has 3 atom stereocenters. The van der Waals surface area contributed by atoms with E-state index in [0.29, 0.717) is 38.7 Å². The van der Waals surface area contributed by atoms with Crippen LogP contribution in [0.1, 0.15) is 30.4 Å². The molecule has 0 spiro atoms. The second-order valence-electron chi connectivity index (χ2n) is 6.38. The Hall–Kier alpha value is -1.86. The Morgan fingerprint density at radius 2 is 1.79 bits per heavy atom. The van der Waals surface area contributed by atoms with E-state index in [4.69, 9.17) is 13.9 Å². The zero-order valence-corrected chi connectivity index (χ0v) is 13.9. The van der Waals surface area contributed by atoms with Crippen molar-refractivity contribution in [3.63, 3.8) is 0 Å². The van der Waals surface area contributed by atoms with Gasteiger partial charge in [0.05, 0.1) is 25.0 Å². The largest absolute Gasteiger partial charge is 0.464 e. The molecule has 1 aromatic rings. The first-order valence-electron chi connectivity index (χ1n) is 8.43. The molecule has 0 aliphatic carbocycles. The van der Waals surface area contributed by atoms with E-state index in [-0.39, 0.29) is 23.7 Å². The first kappa shape index (κ1) is 17.0. The molecule has 132 valence electrons. The van der Waals surface area contributed by atoms with Crippen LogP contribution in [0.4, 0.5) is 0 Å². The molecule has 3 heterocycles. The highest BCUT2D eigenvalue weighted by Gasteiger charge is 2.28. The highest BCUT2D eigenvalue weighted by Crippen LogP contribution is 2.19. The smallest absolute Gasteiger partial charge is 0.226 e. The van der Waals surface area contributed by atoms with Crippen LogP contribution in [0.3, 0.4) is 0 Å². The summed E-state index contributed by atoms with van der Waals surface area (Å²) in [5.41, 5.74) is 0. The fourth-order valence-corrected chi connectivity index (χ4v) is 2.98. The Morgan fingerprint density at radius 3 is 2.33 bits per heavy atom. The highest BCUT2D eigenvalue weighted by molar-refractivity contribution is 5.80. The Morgan fingerprint density at radius 1 is 1.12 bits per heavy atom. The number of ether oxygens (including phenoxy) is 2. The van der Waals surface area contributed by atoms with Crippen molar-refractivity contribution < 1.29 is 23.5 Å². The number of amides is 2. The number of hydrogen-bond acceptors (Lipinski definition) is 5. The summed E-state index contributed by atoms with van der Waals surface area (Å²) < 4.78 is 16.2. The fourth-order valence-electron chi connectivity index (χ4n) is 2.98. The number of rotatable bonds is 6. The third kappa shape index (κ3) is 4.15. The lowest BCUT2D eigenvalue weighted by Gasteiger charge is -2.20. The van der Waals surface area contributed by atoms with E-state index >= 15 is 0 Å². The second kappa shape index (κ2) is 7.81. The van der Waals surface area contributed by atoms with Crippen LogP contribution in [-0.4, -0.2) is 44.8 Å². The van der Waals surface area contributed by atoms with Crippen molar-refractivity contribution in [2.24, 2.45) is 11.8 Å². The molecule has 0 aromatic carbocycles. The number of aryl methyl sites for hydroxylation is 1. The maximum Gasteiger partial charge on any atom is 0.226 e. The summed E-state index contributed by atoms with van der Waals surface area (Å²) in [6, 6.07) is 3.29. The molecule has 2 amide bonds. The third-order valence-corrected chi connectivity index (χ3v) is 4.50. The lowest BCUT2D eigenvalue weighted by Crippen LogP contribution is -2.42. The van der Waals surface area contributed by atoms with Gasteiger partial charge in [-0.25, -0.2) is 0 Å². The molecule has 2 aliphatic rings. The number of carbonyl (C=O) groups excluding carboxylic acids is 2. The molecule has 0 bridgehead atoms. The van der Waals surface area contributed by atoms with Gasteiger partial charge in [-0.1, -0.05) is 0 Å². The maximum absolute atomic E-state index is 12.4. The van der Waals surface area contributed by atoms with Crippen LogP contribution in [-0.2, 0) is 19.1 Å². The van der Waals surface area contributed by atoms with E-state index in [2.05, 4.69) is 10.6 Å². The van der Waals surface area contributed by atoms with Crippen molar-refractivity contribution in [3.8, 4) is 0 Å². The van der Waals surface area contributed by atoms with Crippen molar-refractivity contribution in [1.29, 1.82) is 0 Å². The van der Waals surface area contributed by atoms with Gasteiger partial charge in [0.1, 0.15) is 17.6 Å². The van der Waals surface area contributed by atoms with Crippen molar-refractivity contribution in [2.75, 3.05) is 33.0 Å². The maximum atomic E-state index is 12.4. The van der Waals surface area contributed by atoms with Gasteiger partial charge in [-0.2, -0.15) is 0 Å². The summed E-state index contributed by atoms with van der Waals surface area (Å²) in [7, 11) is 0. The summed E-state index contributed by atoms with van der Waals surface area (Å²) in [5.74, 6) is 1.06. The molecule has 2 fully saturated rings. The summed E-state index contributed by atoms with van der Waals surface area (Å²) >= 11 is 0. The van der Waals surface area contributed by atoms with Crippen molar-refractivity contribution in [1.82, 2.24) is 10.6 Å². The zero-order valence-electron chi connectivity index (χ0n) is 13.9. The topological polar surface area (TPSA) is 89.8 Å². The van der Waals surface area contributed by atoms with Gasteiger partial charge in [0.25, 0.3) is 0 Å². The number of nitrogens with one attached hydrogen (secondary N) is 2. The van der Waals surface area contributed by atoms with E-state index in [1.165, 1.54) is 0 Å².